The van der Waals surface area contributed by atoms with E-state index in [0.717, 1.165) is 3.57 Å². The zero-order valence-electron chi connectivity index (χ0n) is 12.5. The minimum Gasteiger partial charge on any atom is -0.484 e. The molecule has 1 saturated heterocycles. The van der Waals surface area contributed by atoms with E-state index < -0.39 is 10.0 Å². The summed E-state index contributed by atoms with van der Waals surface area (Å²) in [4.78, 5) is 11.7. The first-order chi connectivity index (χ1) is 11.0. The average Bonchev–Trinajstić information content (AvgIpc) is 2.55. The molecule has 23 heavy (non-hydrogen) atoms. The van der Waals surface area contributed by atoms with Gasteiger partial charge in [0.05, 0.1) is 19.0 Å². The van der Waals surface area contributed by atoms with Gasteiger partial charge in [0.25, 0.3) is 5.91 Å². The van der Waals surface area contributed by atoms with Gasteiger partial charge in [-0.15, -0.1) is 0 Å². The zero-order valence-corrected chi connectivity index (χ0v) is 15.5. The lowest BCUT2D eigenvalue weighted by Gasteiger charge is -2.26. The van der Waals surface area contributed by atoms with Crippen molar-refractivity contribution in [3.8, 4) is 5.75 Å². The molecule has 1 fully saturated rings. The van der Waals surface area contributed by atoms with Crippen molar-refractivity contribution in [1.29, 1.82) is 0 Å². The molecule has 0 bridgehead atoms. The van der Waals surface area contributed by atoms with Crippen LogP contribution in [0, 0.1) is 3.57 Å². The summed E-state index contributed by atoms with van der Waals surface area (Å²) in [6.07, 6.45) is 0. The molecule has 1 N–H and O–H groups in total. The number of hydrogen-bond acceptors (Lipinski definition) is 5. The molecule has 7 nitrogen and oxygen atoms in total. The van der Waals surface area contributed by atoms with Gasteiger partial charge in [0.2, 0.25) is 10.0 Å². The van der Waals surface area contributed by atoms with Crippen LogP contribution in [0.1, 0.15) is 0 Å². The molecule has 1 aliphatic rings. The summed E-state index contributed by atoms with van der Waals surface area (Å²) in [7, 11) is -3.35. The summed E-state index contributed by atoms with van der Waals surface area (Å²) in [5, 5.41) is 2.56. The van der Waals surface area contributed by atoms with Gasteiger partial charge in [-0.3, -0.25) is 4.79 Å². The van der Waals surface area contributed by atoms with Crippen LogP contribution in [-0.2, 0) is 19.6 Å². The number of carbonyl (C=O) groups is 1. The van der Waals surface area contributed by atoms with E-state index in [9.17, 15) is 13.2 Å². The highest BCUT2D eigenvalue weighted by Gasteiger charge is 2.23. The predicted octanol–water partition coefficient (Wildman–Crippen LogP) is 0.448. The molecule has 0 radical (unpaired) electrons. The van der Waals surface area contributed by atoms with Gasteiger partial charge in [0, 0.05) is 23.2 Å². The van der Waals surface area contributed by atoms with Crippen molar-refractivity contribution in [2.75, 3.05) is 45.2 Å². The fourth-order valence-corrected chi connectivity index (χ4v) is 3.69. The SMILES string of the molecule is O=C(COc1ccc(I)cc1)NCCS(=O)(=O)N1CCOCC1. The molecule has 1 aromatic rings. The molecular formula is C14H19IN2O5S. The first-order valence-corrected chi connectivity index (χ1v) is 9.87. The van der Waals surface area contributed by atoms with Gasteiger partial charge in [-0.1, -0.05) is 0 Å². The maximum atomic E-state index is 12.1. The van der Waals surface area contributed by atoms with Crippen LogP contribution in [-0.4, -0.2) is 63.8 Å². The summed E-state index contributed by atoms with van der Waals surface area (Å²) in [5.41, 5.74) is 0. The Bertz CT molecular complexity index is 615. The molecule has 0 atom stereocenters. The third kappa shape index (κ3) is 6.24. The van der Waals surface area contributed by atoms with E-state index in [2.05, 4.69) is 27.9 Å². The molecule has 0 aromatic heterocycles. The lowest BCUT2D eigenvalue weighted by atomic mass is 10.3. The minimum absolute atomic E-state index is 0.0641. The number of carbonyl (C=O) groups excluding carboxylic acids is 1. The van der Waals surface area contributed by atoms with Crippen LogP contribution in [0.4, 0.5) is 0 Å². The molecule has 1 aliphatic heterocycles. The number of rotatable bonds is 7. The number of nitrogens with zero attached hydrogens (tertiary/aromatic N) is 1. The Morgan fingerprint density at radius 1 is 1.26 bits per heavy atom. The maximum Gasteiger partial charge on any atom is 0.257 e. The number of nitrogens with one attached hydrogen (secondary N) is 1. The number of sulfonamides is 1. The summed E-state index contributed by atoms with van der Waals surface area (Å²) < 4.78 is 37.1. The fourth-order valence-electron chi connectivity index (χ4n) is 2.00. The molecule has 0 spiro atoms. The molecule has 9 heteroatoms. The fraction of sp³-hybridized carbons (Fsp3) is 0.500. The Balaban J connectivity index is 1.68. The van der Waals surface area contributed by atoms with E-state index in [4.69, 9.17) is 9.47 Å². The van der Waals surface area contributed by atoms with Gasteiger partial charge in [-0.25, -0.2) is 8.42 Å². The first-order valence-electron chi connectivity index (χ1n) is 7.18. The molecule has 1 heterocycles. The number of hydrogen-bond donors (Lipinski definition) is 1. The van der Waals surface area contributed by atoms with E-state index in [-0.39, 0.29) is 24.8 Å². The molecule has 0 saturated carbocycles. The highest BCUT2D eigenvalue weighted by Crippen LogP contribution is 2.13. The number of benzene rings is 1. The standard InChI is InChI=1S/C14H19IN2O5S/c15-12-1-3-13(4-2-12)22-11-14(18)16-5-10-23(19,20)17-6-8-21-9-7-17/h1-4H,5-11H2,(H,16,18). The molecule has 2 rings (SSSR count). The van der Waals surface area contributed by atoms with Crippen LogP contribution in [0.5, 0.6) is 5.75 Å². The van der Waals surface area contributed by atoms with Crippen molar-refractivity contribution in [2.45, 2.75) is 0 Å². The van der Waals surface area contributed by atoms with Gasteiger partial charge in [-0.2, -0.15) is 4.31 Å². The zero-order chi connectivity index (χ0) is 16.7. The van der Waals surface area contributed by atoms with E-state index in [1.807, 2.05) is 12.1 Å². The van der Waals surface area contributed by atoms with Crippen molar-refractivity contribution < 1.29 is 22.7 Å². The van der Waals surface area contributed by atoms with E-state index in [1.165, 1.54) is 4.31 Å². The lowest BCUT2D eigenvalue weighted by Crippen LogP contribution is -2.44. The monoisotopic (exact) mass is 454 g/mol. The van der Waals surface area contributed by atoms with E-state index in [1.54, 1.807) is 12.1 Å². The van der Waals surface area contributed by atoms with E-state index >= 15 is 0 Å². The van der Waals surface area contributed by atoms with Gasteiger partial charge < -0.3 is 14.8 Å². The number of amides is 1. The van der Waals surface area contributed by atoms with Crippen LogP contribution in [0.3, 0.4) is 0 Å². The van der Waals surface area contributed by atoms with Gasteiger partial charge in [-0.05, 0) is 46.9 Å². The average molecular weight is 454 g/mol. The van der Waals surface area contributed by atoms with Crippen molar-refractivity contribution in [3.63, 3.8) is 0 Å². The Morgan fingerprint density at radius 2 is 1.91 bits per heavy atom. The second-order valence-corrected chi connectivity index (χ2v) is 8.25. The highest BCUT2D eigenvalue weighted by molar-refractivity contribution is 14.1. The van der Waals surface area contributed by atoms with Crippen molar-refractivity contribution in [1.82, 2.24) is 9.62 Å². The molecule has 1 amide bonds. The van der Waals surface area contributed by atoms with Gasteiger partial charge in [0.15, 0.2) is 6.61 Å². The summed E-state index contributed by atoms with van der Waals surface area (Å²) in [6, 6.07) is 7.31. The Morgan fingerprint density at radius 3 is 2.57 bits per heavy atom. The topological polar surface area (TPSA) is 84.9 Å². The van der Waals surface area contributed by atoms with E-state index in [0.29, 0.717) is 32.1 Å². The van der Waals surface area contributed by atoms with Crippen LogP contribution in [0.15, 0.2) is 24.3 Å². The molecule has 0 unspecified atom stereocenters. The summed E-state index contributed by atoms with van der Waals surface area (Å²) in [6.45, 7) is 1.48. The van der Waals surface area contributed by atoms with Gasteiger partial charge >= 0.3 is 0 Å². The van der Waals surface area contributed by atoms with Crippen LogP contribution < -0.4 is 10.1 Å². The lowest BCUT2D eigenvalue weighted by molar-refractivity contribution is -0.122. The second-order valence-electron chi connectivity index (χ2n) is 4.92. The maximum absolute atomic E-state index is 12.1. The molecule has 0 aliphatic carbocycles. The number of ether oxygens (including phenoxy) is 2. The van der Waals surface area contributed by atoms with Crippen LogP contribution in [0.25, 0.3) is 0 Å². The van der Waals surface area contributed by atoms with Crippen LogP contribution in [0.2, 0.25) is 0 Å². The largest absolute Gasteiger partial charge is 0.484 e. The van der Waals surface area contributed by atoms with Crippen molar-refractivity contribution in [2.24, 2.45) is 0 Å². The smallest absolute Gasteiger partial charge is 0.257 e. The Hall–Kier alpha value is -0.910. The highest BCUT2D eigenvalue weighted by atomic mass is 127. The molecule has 128 valence electrons. The third-order valence-electron chi connectivity index (χ3n) is 3.23. The second kappa shape index (κ2) is 8.81. The van der Waals surface area contributed by atoms with Crippen LogP contribution >= 0.6 is 22.6 Å². The molecular weight excluding hydrogens is 435 g/mol. The minimum atomic E-state index is -3.35. The summed E-state index contributed by atoms with van der Waals surface area (Å²) in [5.74, 6) is 0.129. The third-order valence-corrected chi connectivity index (χ3v) is 5.82. The van der Waals surface area contributed by atoms with Crippen molar-refractivity contribution >= 4 is 38.5 Å². The number of halogens is 1. The first kappa shape index (κ1) is 18.4. The number of morpholine rings is 1. The summed E-state index contributed by atoms with van der Waals surface area (Å²) >= 11 is 2.18. The van der Waals surface area contributed by atoms with Crippen molar-refractivity contribution in [3.05, 3.63) is 27.8 Å². The molecule has 1 aromatic carbocycles. The predicted molar refractivity (Wildman–Crippen MR) is 93.8 cm³/mol. The Labute approximate surface area is 149 Å². The normalized spacial score (nSPS) is 16.0. The quantitative estimate of drug-likeness (QED) is 0.605. The van der Waals surface area contributed by atoms with Gasteiger partial charge in [0.1, 0.15) is 5.75 Å². The Kier molecular flexibility index (Phi) is 7.06.